The maximum atomic E-state index is 10.8. The van der Waals surface area contributed by atoms with Crippen LogP contribution in [0.15, 0.2) is 79.3 Å². The first-order valence-corrected chi connectivity index (χ1v) is 7.29. The fourth-order valence-corrected chi connectivity index (χ4v) is 2.23. The van der Waals surface area contributed by atoms with Crippen LogP contribution in [0.25, 0.3) is 16.5 Å². The molecule has 6 heteroatoms. The van der Waals surface area contributed by atoms with E-state index in [9.17, 15) is 4.79 Å². The number of nitrogens with zero attached hydrogens (tertiary/aromatic N) is 3. The van der Waals surface area contributed by atoms with Crippen LogP contribution in [0.5, 0.6) is 0 Å². The molecule has 0 amide bonds. The van der Waals surface area contributed by atoms with Crippen LogP contribution in [-0.4, -0.2) is 25.8 Å². The number of aromatic nitrogens is 3. The second kappa shape index (κ2) is 8.87. The Hall–Kier alpha value is -2.82. The quantitative estimate of drug-likeness (QED) is 0.420. The van der Waals surface area contributed by atoms with Crippen LogP contribution in [0.4, 0.5) is 0 Å². The minimum absolute atomic E-state index is 0. The summed E-state index contributed by atoms with van der Waals surface area (Å²) in [5.74, 6) is -0.989. The first-order chi connectivity index (χ1) is 11.8. The maximum absolute atomic E-state index is 10.8. The molecule has 2 aromatic heterocycles. The summed E-state index contributed by atoms with van der Waals surface area (Å²) in [5.41, 5.74) is 1.08. The Morgan fingerprint density at radius 1 is 1.00 bits per heavy atom. The van der Waals surface area contributed by atoms with E-state index in [1.807, 2.05) is 48.7 Å². The molecule has 0 saturated heterocycles. The van der Waals surface area contributed by atoms with Crippen LogP contribution in [0.1, 0.15) is 10.5 Å². The molecule has 0 aliphatic rings. The molecule has 1 N–H and O–H groups in total. The number of benzene rings is 2. The zero-order chi connectivity index (χ0) is 16.8. The van der Waals surface area contributed by atoms with Gasteiger partial charge in [-0.15, -0.1) is 6.07 Å². The zero-order valence-electron chi connectivity index (χ0n) is 13.0. The molecule has 2 aromatic carbocycles. The van der Waals surface area contributed by atoms with Gasteiger partial charge in [-0.05, 0) is 23.2 Å². The number of pyridine rings is 1. The van der Waals surface area contributed by atoms with Gasteiger partial charge in [-0.1, -0.05) is 24.3 Å². The fourth-order valence-electron chi connectivity index (χ4n) is 2.23. The van der Waals surface area contributed by atoms with Gasteiger partial charge in [0, 0.05) is 44.1 Å². The van der Waals surface area contributed by atoms with E-state index in [0.29, 0.717) is 5.39 Å². The molecule has 0 unspecified atom stereocenters. The van der Waals surface area contributed by atoms with Crippen molar-refractivity contribution >= 4 is 16.7 Å². The Balaban J connectivity index is 0.000000175. The summed E-state index contributed by atoms with van der Waals surface area (Å²) >= 11 is 0. The van der Waals surface area contributed by atoms with Crippen molar-refractivity contribution in [2.75, 3.05) is 0 Å². The van der Waals surface area contributed by atoms with E-state index in [4.69, 9.17) is 5.11 Å². The molecule has 1 radical (unpaired) electrons. The van der Waals surface area contributed by atoms with Gasteiger partial charge in [-0.2, -0.15) is 29.4 Å². The van der Waals surface area contributed by atoms with E-state index in [1.165, 1.54) is 6.20 Å². The van der Waals surface area contributed by atoms with Crippen LogP contribution in [0.3, 0.4) is 0 Å². The van der Waals surface area contributed by atoms with E-state index in [-0.39, 0.29) is 25.8 Å². The Bertz CT molecular complexity index is 936. The number of carboxylic acids is 1. The Labute approximate surface area is 158 Å². The summed E-state index contributed by atoms with van der Waals surface area (Å²) in [6.45, 7) is 0. The molecule has 0 aliphatic carbocycles. The number of carboxylic acid groups (broad SMARTS) is 1. The van der Waals surface area contributed by atoms with Crippen molar-refractivity contribution in [3.8, 4) is 5.69 Å². The number of carbonyl (C=O) groups is 1. The summed E-state index contributed by atoms with van der Waals surface area (Å²) in [6.07, 6.45) is 5.15. The first kappa shape index (κ1) is 18.5. The van der Waals surface area contributed by atoms with E-state index < -0.39 is 5.97 Å². The average Bonchev–Trinajstić information content (AvgIpc) is 3.17. The molecule has 0 atom stereocenters. The predicted octanol–water partition coefficient (Wildman–Crippen LogP) is 3.60. The maximum Gasteiger partial charge on any atom is 0.355 e. The topological polar surface area (TPSA) is 68.0 Å². The third-order valence-electron chi connectivity index (χ3n) is 3.32. The van der Waals surface area contributed by atoms with Crippen LogP contribution >= 0.6 is 0 Å². The predicted molar refractivity (Wildman–Crippen MR) is 91.1 cm³/mol. The van der Waals surface area contributed by atoms with Gasteiger partial charge in [-0.25, -0.2) is 9.78 Å². The minimum atomic E-state index is -0.989. The van der Waals surface area contributed by atoms with Crippen molar-refractivity contribution < 1.29 is 30.0 Å². The summed E-state index contributed by atoms with van der Waals surface area (Å²) in [5, 5.41) is 14.5. The largest absolute Gasteiger partial charge is 0.476 e. The van der Waals surface area contributed by atoms with Gasteiger partial charge in [0.05, 0.1) is 0 Å². The molecule has 0 spiro atoms. The summed E-state index contributed by atoms with van der Waals surface area (Å²) < 4.78 is 1.78. The van der Waals surface area contributed by atoms with Gasteiger partial charge in [0.25, 0.3) is 0 Å². The molecule has 0 fully saturated rings. The van der Waals surface area contributed by atoms with E-state index in [1.54, 1.807) is 29.1 Å². The SMILES string of the molecule is O=C(O)c1nccc2ccccc12.[Ir].[c-]1ccccc1-n1cccn1. The van der Waals surface area contributed by atoms with Crippen molar-refractivity contribution in [3.05, 3.63) is 91.0 Å². The van der Waals surface area contributed by atoms with Gasteiger partial charge in [-0.3, -0.25) is 4.68 Å². The van der Waals surface area contributed by atoms with Crippen LogP contribution in [-0.2, 0) is 20.1 Å². The van der Waals surface area contributed by atoms with E-state index >= 15 is 0 Å². The first-order valence-electron chi connectivity index (χ1n) is 7.29. The number of para-hydroxylation sites is 1. The summed E-state index contributed by atoms with van der Waals surface area (Å²) in [7, 11) is 0. The standard InChI is InChI=1S/C10H7NO2.C9H7N2.Ir/c12-10(13)9-8-4-2-1-3-7(8)5-6-11-9;1-2-5-9(6-3-1)11-8-4-7-10-11;/h1-6H,(H,12,13);1-5,7-8H;/q;-1;. The molecule has 0 aliphatic heterocycles. The smallest absolute Gasteiger partial charge is 0.355 e. The Morgan fingerprint density at radius 3 is 2.48 bits per heavy atom. The second-order valence-corrected chi connectivity index (χ2v) is 4.88. The van der Waals surface area contributed by atoms with Gasteiger partial charge in [0.2, 0.25) is 0 Å². The van der Waals surface area contributed by atoms with Crippen LogP contribution < -0.4 is 0 Å². The molecule has 4 aromatic rings. The van der Waals surface area contributed by atoms with Gasteiger partial charge >= 0.3 is 5.97 Å². The third kappa shape index (κ3) is 4.59. The molecule has 0 bridgehead atoms. The molecule has 4 rings (SSSR count). The fraction of sp³-hybridized carbons (Fsp3) is 0. The zero-order valence-corrected chi connectivity index (χ0v) is 15.4. The Morgan fingerprint density at radius 2 is 1.80 bits per heavy atom. The van der Waals surface area contributed by atoms with Gasteiger partial charge in [0.1, 0.15) is 0 Å². The van der Waals surface area contributed by atoms with Crippen molar-refractivity contribution in [3.63, 3.8) is 0 Å². The molecule has 2 heterocycles. The van der Waals surface area contributed by atoms with Crippen LogP contribution in [0.2, 0.25) is 0 Å². The minimum Gasteiger partial charge on any atom is -0.476 e. The van der Waals surface area contributed by atoms with Gasteiger partial charge < -0.3 is 5.11 Å². The molecule has 0 saturated carbocycles. The van der Waals surface area contributed by atoms with Crippen molar-refractivity contribution in [1.29, 1.82) is 0 Å². The summed E-state index contributed by atoms with van der Waals surface area (Å²) in [4.78, 5) is 14.6. The molecular formula is C19H14IrN3O2-. The summed E-state index contributed by atoms with van der Waals surface area (Å²) in [6, 6.07) is 21.8. The van der Waals surface area contributed by atoms with Crippen LogP contribution in [0, 0.1) is 6.07 Å². The number of hydrogen-bond donors (Lipinski definition) is 1. The number of hydrogen-bond acceptors (Lipinski definition) is 3. The van der Waals surface area contributed by atoms with Gasteiger partial charge in [0.15, 0.2) is 5.69 Å². The molecular weight excluding hydrogens is 494 g/mol. The number of aromatic carboxylic acids is 1. The van der Waals surface area contributed by atoms with Crippen molar-refractivity contribution in [2.45, 2.75) is 0 Å². The number of rotatable bonds is 2. The monoisotopic (exact) mass is 509 g/mol. The van der Waals surface area contributed by atoms with E-state index in [0.717, 1.165) is 11.1 Å². The second-order valence-electron chi connectivity index (χ2n) is 4.88. The molecule has 5 nitrogen and oxygen atoms in total. The Kier molecular flexibility index (Phi) is 6.57. The van der Waals surface area contributed by atoms with Crippen molar-refractivity contribution in [2.24, 2.45) is 0 Å². The molecule has 25 heavy (non-hydrogen) atoms. The van der Waals surface area contributed by atoms with Crippen molar-refractivity contribution in [1.82, 2.24) is 14.8 Å². The average molecular weight is 509 g/mol. The third-order valence-corrected chi connectivity index (χ3v) is 3.32. The van der Waals surface area contributed by atoms with E-state index in [2.05, 4.69) is 16.1 Å². The molecule has 127 valence electrons. The number of fused-ring (bicyclic) bond motifs is 1. The normalized spacial score (nSPS) is 9.60.